The molecule has 2 aromatic rings. The van der Waals surface area contributed by atoms with E-state index >= 15 is 0 Å². The largest absolute Gasteiger partial charge is 0.383 e. The molecule has 8 heteroatoms. The zero-order valence-corrected chi connectivity index (χ0v) is 11.6. The second kappa shape index (κ2) is 5.96. The molecule has 1 fully saturated rings. The molecule has 110 valence electrons. The number of likely N-dealkylation sites (tertiary alicyclic amines) is 1. The zero-order valence-electron chi connectivity index (χ0n) is 11.6. The van der Waals surface area contributed by atoms with Crippen molar-refractivity contribution in [1.82, 2.24) is 25.2 Å². The summed E-state index contributed by atoms with van der Waals surface area (Å²) in [5, 5.41) is 11.6. The lowest BCUT2D eigenvalue weighted by Crippen LogP contribution is -2.28. The predicted molar refractivity (Wildman–Crippen MR) is 71.1 cm³/mol. The fourth-order valence-corrected chi connectivity index (χ4v) is 2.28. The Morgan fingerprint density at radius 2 is 2.43 bits per heavy atom. The summed E-state index contributed by atoms with van der Waals surface area (Å²) >= 11 is 0. The van der Waals surface area contributed by atoms with Crippen LogP contribution in [-0.4, -0.2) is 58.0 Å². The Morgan fingerprint density at radius 1 is 1.52 bits per heavy atom. The van der Waals surface area contributed by atoms with Gasteiger partial charge in [0.15, 0.2) is 0 Å². The number of amides is 1. The Kier molecular flexibility index (Phi) is 3.87. The van der Waals surface area contributed by atoms with Crippen molar-refractivity contribution in [3.63, 3.8) is 0 Å². The van der Waals surface area contributed by atoms with Gasteiger partial charge in [0.05, 0.1) is 12.5 Å². The van der Waals surface area contributed by atoms with E-state index in [1.807, 2.05) is 0 Å². The van der Waals surface area contributed by atoms with Gasteiger partial charge in [0, 0.05) is 32.8 Å². The van der Waals surface area contributed by atoms with Gasteiger partial charge in [0.25, 0.3) is 0 Å². The van der Waals surface area contributed by atoms with Gasteiger partial charge in [-0.2, -0.15) is 10.1 Å². The van der Waals surface area contributed by atoms with Crippen LogP contribution in [0.1, 0.15) is 18.2 Å². The molecule has 1 aliphatic rings. The van der Waals surface area contributed by atoms with Gasteiger partial charge in [-0.25, -0.2) is 0 Å². The van der Waals surface area contributed by atoms with E-state index in [1.165, 1.54) is 0 Å². The van der Waals surface area contributed by atoms with Crippen LogP contribution in [0.3, 0.4) is 0 Å². The molecule has 8 nitrogen and oxygen atoms in total. The van der Waals surface area contributed by atoms with Gasteiger partial charge in [0.2, 0.25) is 17.6 Å². The number of carbonyl (C=O) groups is 1. The molecule has 0 unspecified atom stereocenters. The van der Waals surface area contributed by atoms with E-state index in [2.05, 4.69) is 20.3 Å². The van der Waals surface area contributed by atoms with E-state index in [0.717, 1.165) is 0 Å². The van der Waals surface area contributed by atoms with E-state index in [1.54, 1.807) is 30.3 Å². The number of rotatable bonds is 5. The standard InChI is InChI=1S/C13H15N5O3/c1-20-6-5-18-8-9(7-11(18)19)13-15-12(17-21-13)10-3-2-4-14-16-10/h2-4,9H,5-8H2,1H3/t9-/m1/s1. The van der Waals surface area contributed by atoms with Crippen LogP contribution in [0, 0.1) is 0 Å². The molecule has 0 aromatic carbocycles. The maximum atomic E-state index is 11.9. The van der Waals surface area contributed by atoms with Crippen LogP contribution in [0.5, 0.6) is 0 Å². The minimum absolute atomic E-state index is 0.0766. The van der Waals surface area contributed by atoms with E-state index in [9.17, 15) is 4.79 Å². The third kappa shape index (κ3) is 2.89. The number of nitrogens with zero attached hydrogens (tertiary/aromatic N) is 5. The molecule has 0 saturated carbocycles. The van der Waals surface area contributed by atoms with Gasteiger partial charge in [0.1, 0.15) is 5.69 Å². The molecule has 2 aromatic heterocycles. The normalized spacial score (nSPS) is 18.4. The van der Waals surface area contributed by atoms with E-state index in [0.29, 0.717) is 43.5 Å². The van der Waals surface area contributed by atoms with Crippen molar-refractivity contribution in [1.29, 1.82) is 0 Å². The third-order valence-electron chi connectivity index (χ3n) is 3.37. The van der Waals surface area contributed by atoms with Crippen molar-refractivity contribution in [2.24, 2.45) is 0 Å². The van der Waals surface area contributed by atoms with Crippen LogP contribution in [0.2, 0.25) is 0 Å². The van der Waals surface area contributed by atoms with Gasteiger partial charge >= 0.3 is 0 Å². The second-order valence-corrected chi connectivity index (χ2v) is 4.80. The monoisotopic (exact) mass is 289 g/mol. The van der Waals surface area contributed by atoms with Crippen LogP contribution >= 0.6 is 0 Å². The fraction of sp³-hybridized carbons (Fsp3) is 0.462. The topological polar surface area (TPSA) is 94.2 Å². The molecule has 1 amide bonds. The SMILES string of the molecule is COCCN1C[C@H](c2nc(-c3cccnn3)no2)CC1=O. The second-order valence-electron chi connectivity index (χ2n) is 4.80. The molecule has 0 spiro atoms. The summed E-state index contributed by atoms with van der Waals surface area (Å²) < 4.78 is 10.3. The quantitative estimate of drug-likeness (QED) is 0.790. The summed E-state index contributed by atoms with van der Waals surface area (Å²) in [6.45, 7) is 1.68. The minimum atomic E-state index is -0.0766. The molecule has 0 bridgehead atoms. The van der Waals surface area contributed by atoms with Crippen molar-refractivity contribution < 1.29 is 14.1 Å². The minimum Gasteiger partial charge on any atom is -0.383 e. The summed E-state index contributed by atoms with van der Waals surface area (Å²) in [6, 6.07) is 3.51. The van der Waals surface area contributed by atoms with E-state index in [4.69, 9.17) is 9.26 Å². The molecular weight excluding hydrogens is 274 g/mol. The lowest BCUT2D eigenvalue weighted by molar-refractivity contribution is -0.128. The van der Waals surface area contributed by atoms with Crippen molar-refractivity contribution in [2.75, 3.05) is 26.8 Å². The fourth-order valence-electron chi connectivity index (χ4n) is 2.28. The first-order chi connectivity index (χ1) is 10.3. The number of aromatic nitrogens is 4. The summed E-state index contributed by atoms with van der Waals surface area (Å²) in [4.78, 5) is 18.0. The Balaban J connectivity index is 1.71. The van der Waals surface area contributed by atoms with Crippen LogP contribution in [0.15, 0.2) is 22.9 Å². The Labute approximate surface area is 121 Å². The summed E-state index contributed by atoms with van der Waals surface area (Å²) in [5.74, 6) is 0.855. The van der Waals surface area contributed by atoms with Crippen molar-refractivity contribution >= 4 is 5.91 Å². The molecule has 1 atom stereocenters. The van der Waals surface area contributed by atoms with Gasteiger partial charge in [-0.3, -0.25) is 4.79 Å². The zero-order chi connectivity index (χ0) is 14.7. The predicted octanol–water partition coefficient (Wildman–Crippen LogP) is 0.489. The highest BCUT2D eigenvalue weighted by Crippen LogP contribution is 2.27. The molecule has 3 heterocycles. The van der Waals surface area contributed by atoms with Crippen molar-refractivity contribution in [2.45, 2.75) is 12.3 Å². The smallest absolute Gasteiger partial charge is 0.232 e. The summed E-state index contributed by atoms with van der Waals surface area (Å²) in [5.41, 5.74) is 0.549. The van der Waals surface area contributed by atoms with Gasteiger partial charge in [-0.15, -0.1) is 5.10 Å². The van der Waals surface area contributed by atoms with E-state index < -0.39 is 0 Å². The summed E-state index contributed by atoms with van der Waals surface area (Å²) in [6.07, 6.45) is 1.96. The summed E-state index contributed by atoms with van der Waals surface area (Å²) in [7, 11) is 1.61. The average molecular weight is 289 g/mol. The first kappa shape index (κ1) is 13.6. The molecular formula is C13H15N5O3. The van der Waals surface area contributed by atoms with Crippen LogP contribution in [0.25, 0.3) is 11.5 Å². The lowest BCUT2D eigenvalue weighted by Gasteiger charge is -2.14. The first-order valence-electron chi connectivity index (χ1n) is 6.66. The van der Waals surface area contributed by atoms with E-state index in [-0.39, 0.29) is 11.8 Å². The lowest BCUT2D eigenvalue weighted by atomic mass is 10.1. The molecule has 0 aliphatic carbocycles. The maximum absolute atomic E-state index is 11.9. The Morgan fingerprint density at radius 3 is 3.19 bits per heavy atom. The molecule has 0 N–H and O–H groups in total. The van der Waals surface area contributed by atoms with Gasteiger partial charge < -0.3 is 14.2 Å². The van der Waals surface area contributed by atoms with Crippen LogP contribution in [0.4, 0.5) is 0 Å². The highest BCUT2D eigenvalue weighted by Gasteiger charge is 2.34. The molecule has 1 aliphatic heterocycles. The molecule has 1 saturated heterocycles. The van der Waals surface area contributed by atoms with Gasteiger partial charge in [-0.05, 0) is 12.1 Å². The number of methoxy groups -OCH3 is 1. The van der Waals surface area contributed by atoms with Crippen LogP contribution < -0.4 is 0 Å². The van der Waals surface area contributed by atoms with Gasteiger partial charge in [-0.1, -0.05) is 5.16 Å². The van der Waals surface area contributed by atoms with Crippen molar-refractivity contribution in [3.05, 3.63) is 24.2 Å². The highest BCUT2D eigenvalue weighted by atomic mass is 16.5. The third-order valence-corrected chi connectivity index (χ3v) is 3.37. The molecule has 3 rings (SSSR count). The number of carbonyl (C=O) groups excluding carboxylic acids is 1. The Hall–Kier alpha value is -2.35. The number of hydrogen-bond acceptors (Lipinski definition) is 7. The highest BCUT2D eigenvalue weighted by molar-refractivity contribution is 5.79. The first-order valence-corrected chi connectivity index (χ1v) is 6.66. The number of ether oxygens (including phenoxy) is 1. The molecule has 21 heavy (non-hydrogen) atoms. The van der Waals surface area contributed by atoms with Crippen LogP contribution in [-0.2, 0) is 9.53 Å². The maximum Gasteiger partial charge on any atom is 0.232 e. The average Bonchev–Trinajstić information content (AvgIpc) is 3.13. The Bertz CT molecular complexity index is 615. The molecule has 0 radical (unpaired) electrons. The number of hydrogen-bond donors (Lipinski definition) is 0. The van der Waals surface area contributed by atoms with Crippen molar-refractivity contribution in [3.8, 4) is 11.5 Å².